The van der Waals surface area contributed by atoms with Crippen LogP contribution in [0.3, 0.4) is 0 Å². The Morgan fingerprint density at radius 1 is 1.30 bits per heavy atom. The number of thioether (sulfide) groups is 1. The Morgan fingerprint density at radius 3 is 2.91 bits per heavy atom. The van der Waals surface area contributed by atoms with Crippen molar-refractivity contribution in [3.8, 4) is 0 Å². The van der Waals surface area contributed by atoms with Crippen LogP contribution >= 0.6 is 11.8 Å². The molecule has 0 spiro atoms. The molecule has 0 radical (unpaired) electrons. The lowest BCUT2D eigenvalue weighted by Crippen LogP contribution is -2.26. The number of fused-ring (bicyclic) bond motifs is 1. The van der Waals surface area contributed by atoms with Gasteiger partial charge in [-0.3, -0.25) is 10.4 Å². The monoisotopic (exact) mass is 326 g/mol. The van der Waals surface area contributed by atoms with E-state index in [0.717, 1.165) is 23.1 Å². The first kappa shape index (κ1) is 14.8. The Balaban J connectivity index is 1.59. The number of rotatable bonds is 3. The highest BCUT2D eigenvalue weighted by Gasteiger charge is 2.19. The highest BCUT2D eigenvalue weighted by atomic mass is 32.2. The van der Waals surface area contributed by atoms with Crippen molar-refractivity contribution in [1.82, 2.24) is 10.4 Å². The van der Waals surface area contributed by atoms with Gasteiger partial charge in [-0.1, -0.05) is 49.7 Å². The number of hydrogen-bond donors (Lipinski definition) is 2. The molecule has 0 saturated heterocycles. The number of aromatic amines is 1. The van der Waals surface area contributed by atoms with Gasteiger partial charge in [-0.2, -0.15) is 5.10 Å². The predicted octanol–water partition coefficient (Wildman–Crippen LogP) is 4.07. The Kier molecular flexibility index (Phi) is 4.12. The minimum Gasteiger partial charge on any atom is -0.360 e. The SMILES string of the molecule is CCc1cccc2c(C3=NNC(=NC4CCCC4)SC3)c[nH]c12. The lowest BCUT2D eigenvalue weighted by atomic mass is 10.1. The van der Waals surface area contributed by atoms with Gasteiger partial charge in [-0.25, -0.2) is 0 Å². The van der Waals surface area contributed by atoms with E-state index in [2.05, 4.69) is 46.8 Å². The second-order valence-corrected chi connectivity index (χ2v) is 7.19. The molecule has 1 aliphatic heterocycles. The molecule has 1 aromatic carbocycles. The van der Waals surface area contributed by atoms with E-state index in [-0.39, 0.29) is 0 Å². The van der Waals surface area contributed by atoms with Crippen molar-refractivity contribution >= 4 is 33.5 Å². The van der Waals surface area contributed by atoms with Gasteiger partial charge in [0.2, 0.25) is 0 Å². The molecule has 1 saturated carbocycles. The number of aliphatic imine (C=N–C) groups is 1. The largest absolute Gasteiger partial charge is 0.360 e. The summed E-state index contributed by atoms with van der Waals surface area (Å²) in [6.07, 6.45) is 8.21. The van der Waals surface area contributed by atoms with E-state index in [0.29, 0.717) is 6.04 Å². The van der Waals surface area contributed by atoms with Gasteiger partial charge in [-0.15, -0.1) is 0 Å². The van der Waals surface area contributed by atoms with Crippen molar-refractivity contribution in [2.45, 2.75) is 45.1 Å². The molecule has 2 heterocycles. The molecular formula is C18H22N4S. The van der Waals surface area contributed by atoms with E-state index >= 15 is 0 Å². The first-order valence-corrected chi connectivity index (χ1v) is 9.46. The maximum atomic E-state index is 4.79. The summed E-state index contributed by atoms with van der Waals surface area (Å²) in [4.78, 5) is 8.22. The first-order chi connectivity index (χ1) is 11.3. The first-order valence-electron chi connectivity index (χ1n) is 8.47. The van der Waals surface area contributed by atoms with Gasteiger partial charge >= 0.3 is 0 Å². The number of aromatic nitrogens is 1. The summed E-state index contributed by atoms with van der Waals surface area (Å²) in [6, 6.07) is 7.00. The van der Waals surface area contributed by atoms with Crippen LogP contribution in [0.4, 0.5) is 0 Å². The summed E-state index contributed by atoms with van der Waals surface area (Å²) >= 11 is 1.77. The van der Waals surface area contributed by atoms with Gasteiger partial charge < -0.3 is 4.98 Å². The second-order valence-electron chi connectivity index (χ2n) is 6.23. The average Bonchev–Trinajstić information content (AvgIpc) is 3.25. The molecule has 5 heteroatoms. The number of aryl methyl sites for hydroxylation is 1. The van der Waals surface area contributed by atoms with Crippen LogP contribution < -0.4 is 5.43 Å². The number of para-hydroxylation sites is 1. The minimum absolute atomic E-state index is 0.502. The van der Waals surface area contributed by atoms with Crippen molar-refractivity contribution in [2.75, 3.05) is 5.75 Å². The van der Waals surface area contributed by atoms with Crippen LogP contribution in [0, 0.1) is 0 Å². The molecule has 2 aromatic rings. The predicted molar refractivity (Wildman–Crippen MR) is 99.5 cm³/mol. The molecule has 0 unspecified atom stereocenters. The van der Waals surface area contributed by atoms with Crippen LogP contribution in [0.1, 0.15) is 43.7 Å². The Bertz CT molecular complexity index is 768. The highest BCUT2D eigenvalue weighted by molar-refractivity contribution is 8.14. The Morgan fingerprint density at radius 2 is 2.17 bits per heavy atom. The van der Waals surface area contributed by atoms with E-state index in [1.165, 1.54) is 47.7 Å². The molecule has 23 heavy (non-hydrogen) atoms. The summed E-state index contributed by atoms with van der Waals surface area (Å²) in [6.45, 7) is 2.19. The molecule has 4 rings (SSSR count). The van der Waals surface area contributed by atoms with Gasteiger partial charge in [0.05, 0.1) is 11.8 Å². The fraction of sp³-hybridized carbons (Fsp3) is 0.444. The van der Waals surface area contributed by atoms with Crippen LogP contribution in [0.5, 0.6) is 0 Å². The number of hydrazone groups is 1. The molecule has 0 amide bonds. The van der Waals surface area contributed by atoms with Gasteiger partial charge in [0, 0.05) is 28.4 Å². The lowest BCUT2D eigenvalue weighted by molar-refractivity contribution is 0.703. The third kappa shape index (κ3) is 2.90. The minimum atomic E-state index is 0.502. The number of hydrogen-bond acceptors (Lipinski definition) is 3. The number of nitrogens with zero attached hydrogens (tertiary/aromatic N) is 2. The highest BCUT2D eigenvalue weighted by Crippen LogP contribution is 2.26. The van der Waals surface area contributed by atoms with Crippen LogP contribution in [0.2, 0.25) is 0 Å². The third-order valence-electron chi connectivity index (χ3n) is 4.75. The average molecular weight is 326 g/mol. The van der Waals surface area contributed by atoms with Crippen LogP contribution in [-0.2, 0) is 6.42 Å². The zero-order chi connectivity index (χ0) is 15.6. The van der Waals surface area contributed by atoms with Crippen molar-refractivity contribution in [2.24, 2.45) is 10.1 Å². The molecule has 2 N–H and O–H groups in total. The zero-order valence-corrected chi connectivity index (χ0v) is 14.2. The molecule has 120 valence electrons. The lowest BCUT2D eigenvalue weighted by Gasteiger charge is -2.16. The van der Waals surface area contributed by atoms with Gasteiger partial charge in [0.25, 0.3) is 0 Å². The molecular weight excluding hydrogens is 304 g/mol. The van der Waals surface area contributed by atoms with E-state index < -0.39 is 0 Å². The number of H-pyrrole nitrogens is 1. The zero-order valence-electron chi connectivity index (χ0n) is 13.4. The Labute approximate surface area is 140 Å². The van der Waals surface area contributed by atoms with Crippen LogP contribution in [0.25, 0.3) is 10.9 Å². The topological polar surface area (TPSA) is 52.5 Å². The number of benzene rings is 1. The fourth-order valence-corrected chi connectivity index (χ4v) is 4.30. The third-order valence-corrected chi connectivity index (χ3v) is 5.64. The molecule has 1 aromatic heterocycles. The van der Waals surface area contributed by atoms with Crippen molar-refractivity contribution in [3.63, 3.8) is 0 Å². The summed E-state index contributed by atoms with van der Waals surface area (Å²) in [5.74, 6) is 0.877. The van der Waals surface area contributed by atoms with Crippen LogP contribution in [0.15, 0.2) is 34.5 Å². The van der Waals surface area contributed by atoms with E-state index in [4.69, 9.17) is 4.99 Å². The standard InChI is InChI=1S/C18H22N4S/c1-2-12-6-5-9-14-15(10-19-17(12)14)16-11-23-18(22-21-16)20-13-7-3-4-8-13/h5-6,9-10,13,19H,2-4,7-8,11H2,1H3,(H,20,22). The molecule has 2 aliphatic rings. The maximum Gasteiger partial charge on any atom is 0.177 e. The molecule has 1 aliphatic carbocycles. The summed E-state index contributed by atoms with van der Waals surface area (Å²) in [5, 5.41) is 6.84. The summed E-state index contributed by atoms with van der Waals surface area (Å²) in [5.41, 5.74) is 8.06. The molecule has 1 fully saturated rings. The normalized spacial score (nSPS) is 20.9. The van der Waals surface area contributed by atoms with E-state index in [9.17, 15) is 0 Å². The second kappa shape index (κ2) is 6.40. The molecule has 4 nitrogen and oxygen atoms in total. The van der Waals surface area contributed by atoms with Gasteiger partial charge in [-0.05, 0) is 24.8 Å². The van der Waals surface area contributed by atoms with Gasteiger partial charge in [0.1, 0.15) is 0 Å². The summed E-state index contributed by atoms with van der Waals surface area (Å²) in [7, 11) is 0. The smallest absolute Gasteiger partial charge is 0.177 e. The maximum absolute atomic E-state index is 4.79. The fourth-order valence-electron chi connectivity index (χ4n) is 3.47. The van der Waals surface area contributed by atoms with E-state index in [1.54, 1.807) is 11.8 Å². The van der Waals surface area contributed by atoms with Crippen LogP contribution in [-0.4, -0.2) is 27.7 Å². The molecule has 0 bridgehead atoms. The quantitative estimate of drug-likeness (QED) is 0.893. The summed E-state index contributed by atoms with van der Waals surface area (Å²) < 4.78 is 0. The van der Waals surface area contributed by atoms with Crippen molar-refractivity contribution in [3.05, 3.63) is 35.5 Å². The number of nitrogens with one attached hydrogen (secondary N) is 2. The van der Waals surface area contributed by atoms with Gasteiger partial charge in [0.15, 0.2) is 5.17 Å². The van der Waals surface area contributed by atoms with E-state index in [1.807, 2.05) is 0 Å². The molecule has 0 atom stereocenters. The number of amidine groups is 1. The van der Waals surface area contributed by atoms with Crippen molar-refractivity contribution < 1.29 is 0 Å². The van der Waals surface area contributed by atoms with Crippen molar-refractivity contribution in [1.29, 1.82) is 0 Å². The Hall–Kier alpha value is -1.75.